The molecule has 7 rings (SSSR count). The molecule has 1 N–H and O–H groups in total. The average molecular weight is 747 g/mol. The van der Waals surface area contributed by atoms with Crippen LogP contribution in [0.1, 0.15) is 68.3 Å². The molecule has 1 amide bonds. The SMILES string of the molecule is Cc1cc(OCCCc2c3n(c4c(-c5c(C)nn(C)c5C)c(Cl)ccc24)[C@H](C)CN(c2ccc(Cl)c4c(C(=O)O)cn(C)c24)C3=O)cc(C)c1Cl. The van der Waals surface area contributed by atoms with Gasteiger partial charge < -0.3 is 23.9 Å². The van der Waals surface area contributed by atoms with Gasteiger partial charge in [0.1, 0.15) is 11.4 Å². The van der Waals surface area contributed by atoms with Crippen LogP contribution < -0.4 is 9.64 Å². The highest BCUT2D eigenvalue weighted by Crippen LogP contribution is 2.46. The zero-order valence-corrected chi connectivity index (χ0v) is 31.8. The summed E-state index contributed by atoms with van der Waals surface area (Å²) in [5.74, 6) is -0.523. The van der Waals surface area contributed by atoms with E-state index in [-0.39, 0.29) is 17.5 Å². The minimum Gasteiger partial charge on any atom is -0.494 e. The van der Waals surface area contributed by atoms with Gasteiger partial charge >= 0.3 is 5.97 Å². The van der Waals surface area contributed by atoms with Gasteiger partial charge in [-0.1, -0.05) is 40.9 Å². The Balaban J connectivity index is 1.39. The van der Waals surface area contributed by atoms with Crippen LogP contribution in [0.4, 0.5) is 5.69 Å². The van der Waals surface area contributed by atoms with Crippen molar-refractivity contribution in [3.05, 3.63) is 97.0 Å². The van der Waals surface area contributed by atoms with Gasteiger partial charge in [0.15, 0.2) is 0 Å². The molecule has 4 heterocycles. The largest absolute Gasteiger partial charge is 0.494 e. The number of nitrogens with zero attached hydrogens (tertiary/aromatic N) is 5. The zero-order chi connectivity index (χ0) is 36.6. The summed E-state index contributed by atoms with van der Waals surface area (Å²) in [6.45, 7) is 10.8. The second kappa shape index (κ2) is 13.0. The van der Waals surface area contributed by atoms with Crippen molar-refractivity contribution in [3.8, 4) is 16.9 Å². The van der Waals surface area contributed by atoms with E-state index in [1.165, 1.54) is 0 Å². The third-order valence-corrected chi connectivity index (χ3v) is 11.4. The Labute approximate surface area is 310 Å². The van der Waals surface area contributed by atoms with Crippen LogP contribution in [0, 0.1) is 27.7 Å². The summed E-state index contributed by atoms with van der Waals surface area (Å²) in [7, 11) is 3.68. The van der Waals surface area contributed by atoms with E-state index >= 15 is 4.79 Å². The lowest BCUT2D eigenvalue weighted by atomic mass is 9.98. The van der Waals surface area contributed by atoms with Crippen molar-refractivity contribution in [3.63, 3.8) is 0 Å². The predicted molar refractivity (Wildman–Crippen MR) is 205 cm³/mol. The summed E-state index contributed by atoms with van der Waals surface area (Å²) < 4.78 is 11.9. The Kier molecular flexibility index (Phi) is 8.89. The van der Waals surface area contributed by atoms with Gasteiger partial charge in [-0.25, -0.2) is 4.79 Å². The molecule has 0 aliphatic carbocycles. The van der Waals surface area contributed by atoms with E-state index < -0.39 is 5.97 Å². The third kappa shape index (κ3) is 5.57. The predicted octanol–water partition coefficient (Wildman–Crippen LogP) is 9.66. The molecule has 51 heavy (non-hydrogen) atoms. The van der Waals surface area contributed by atoms with E-state index in [9.17, 15) is 9.90 Å². The number of ether oxygens (including phenoxy) is 1. The van der Waals surface area contributed by atoms with Crippen molar-refractivity contribution in [2.45, 2.75) is 53.5 Å². The number of halogens is 3. The number of carboxylic acids is 1. The molecule has 0 radical (unpaired) electrons. The normalized spacial score (nSPS) is 14.6. The number of hydrogen-bond donors (Lipinski definition) is 1. The number of amides is 1. The van der Waals surface area contributed by atoms with E-state index in [0.717, 1.165) is 60.9 Å². The average Bonchev–Trinajstić information content (AvgIpc) is 3.69. The number of rotatable bonds is 8. The molecule has 3 aromatic heterocycles. The highest BCUT2D eigenvalue weighted by atomic mass is 35.5. The summed E-state index contributed by atoms with van der Waals surface area (Å²) in [5.41, 5.74) is 9.15. The second-order valence-corrected chi connectivity index (χ2v) is 14.7. The summed E-state index contributed by atoms with van der Waals surface area (Å²) in [6.07, 6.45) is 2.74. The minimum absolute atomic E-state index is 0.0826. The monoisotopic (exact) mass is 745 g/mol. The molecule has 0 bridgehead atoms. The third-order valence-electron chi connectivity index (χ3n) is 10.1. The van der Waals surface area contributed by atoms with Crippen molar-refractivity contribution in [2.24, 2.45) is 14.1 Å². The number of carbonyl (C=O) groups is 2. The van der Waals surface area contributed by atoms with Crippen molar-refractivity contribution >= 4 is 74.2 Å². The van der Waals surface area contributed by atoms with Crippen molar-refractivity contribution in [2.75, 3.05) is 18.1 Å². The molecule has 0 unspecified atom stereocenters. The number of hydrogen-bond acceptors (Lipinski definition) is 4. The Morgan fingerprint density at radius 3 is 2.31 bits per heavy atom. The van der Waals surface area contributed by atoms with Crippen LogP contribution in [0.5, 0.6) is 5.75 Å². The van der Waals surface area contributed by atoms with Gasteiger partial charge in [-0.05, 0) is 94.5 Å². The molecule has 0 spiro atoms. The Morgan fingerprint density at radius 2 is 1.67 bits per heavy atom. The molecule has 264 valence electrons. The Morgan fingerprint density at radius 1 is 0.980 bits per heavy atom. The van der Waals surface area contributed by atoms with Crippen LogP contribution in [0.25, 0.3) is 32.9 Å². The van der Waals surface area contributed by atoms with Crippen LogP contribution in [-0.4, -0.2) is 49.0 Å². The Hall–Kier alpha value is -4.44. The van der Waals surface area contributed by atoms with Crippen molar-refractivity contribution in [1.29, 1.82) is 0 Å². The quantitative estimate of drug-likeness (QED) is 0.157. The molecule has 0 fully saturated rings. The fourth-order valence-electron chi connectivity index (χ4n) is 7.81. The number of aromatic nitrogens is 4. The number of aromatic carboxylic acids is 1. The molecule has 1 aliphatic rings. The van der Waals surface area contributed by atoms with Crippen LogP contribution in [0.2, 0.25) is 15.1 Å². The number of carboxylic acid groups (broad SMARTS) is 1. The molecule has 6 aromatic rings. The van der Waals surface area contributed by atoms with Gasteiger partial charge in [0, 0.05) is 65.5 Å². The molecular formula is C39H38Cl3N5O4. The van der Waals surface area contributed by atoms with Gasteiger partial charge in [-0.15, -0.1) is 0 Å². The van der Waals surface area contributed by atoms with E-state index in [1.54, 1.807) is 34.8 Å². The molecule has 3 aromatic carbocycles. The van der Waals surface area contributed by atoms with Gasteiger partial charge in [0.25, 0.3) is 5.91 Å². The van der Waals surface area contributed by atoms with Crippen molar-refractivity contribution < 1.29 is 19.4 Å². The van der Waals surface area contributed by atoms with Crippen LogP contribution >= 0.6 is 34.8 Å². The van der Waals surface area contributed by atoms with E-state index in [1.807, 2.05) is 63.7 Å². The molecule has 1 aliphatic heterocycles. The lowest BCUT2D eigenvalue weighted by Gasteiger charge is -2.35. The minimum atomic E-state index is -1.09. The second-order valence-electron chi connectivity index (χ2n) is 13.5. The first-order valence-corrected chi connectivity index (χ1v) is 17.9. The lowest BCUT2D eigenvalue weighted by molar-refractivity contribution is 0.0698. The van der Waals surface area contributed by atoms with E-state index in [0.29, 0.717) is 58.3 Å². The maximum atomic E-state index is 15.0. The smallest absolute Gasteiger partial charge is 0.337 e. The molecular weight excluding hydrogens is 709 g/mol. The van der Waals surface area contributed by atoms with Gasteiger partial charge in [-0.2, -0.15) is 5.10 Å². The maximum Gasteiger partial charge on any atom is 0.337 e. The molecule has 12 heteroatoms. The number of benzene rings is 3. The van der Waals surface area contributed by atoms with E-state index in [2.05, 4.69) is 11.5 Å². The summed E-state index contributed by atoms with van der Waals surface area (Å²) >= 11 is 20.1. The first-order chi connectivity index (χ1) is 24.2. The number of aryl methyl sites for hydroxylation is 6. The van der Waals surface area contributed by atoms with Gasteiger partial charge in [-0.3, -0.25) is 9.48 Å². The maximum absolute atomic E-state index is 15.0. The molecule has 9 nitrogen and oxygen atoms in total. The number of fused-ring (bicyclic) bond motifs is 4. The van der Waals surface area contributed by atoms with Crippen LogP contribution in [0.15, 0.2) is 42.6 Å². The van der Waals surface area contributed by atoms with Crippen LogP contribution in [0.3, 0.4) is 0 Å². The molecule has 1 atom stereocenters. The fourth-order valence-corrected chi connectivity index (χ4v) is 8.42. The first kappa shape index (κ1) is 35.0. The molecule has 0 saturated carbocycles. The summed E-state index contributed by atoms with van der Waals surface area (Å²) in [5, 5.41) is 17.6. The van der Waals surface area contributed by atoms with Gasteiger partial charge in [0.05, 0.1) is 44.6 Å². The standard InChI is InChI=1S/C39H38Cl3N5O4/c1-19-15-24(16-20(2)34(19)42)51-14-8-9-25-26-10-11-29(41)33(31-22(4)43-45(7)23(31)5)35(26)47-21(3)17-46(38(48)36(25)47)30-13-12-28(40)32-27(39(49)50)18-44(6)37(30)32/h10-13,15-16,18,21H,8-9,14,17H2,1-7H3,(H,49,50)/t21-/m1/s1. The highest BCUT2D eigenvalue weighted by molar-refractivity contribution is 6.38. The first-order valence-electron chi connectivity index (χ1n) is 16.8. The number of carbonyl (C=O) groups excluding carboxylic acids is 1. The van der Waals surface area contributed by atoms with Crippen LogP contribution in [-0.2, 0) is 20.5 Å². The van der Waals surface area contributed by atoms with Gasteiger partial charge in [0.2, 0.25) is 0 Å². The summed E-state index contributed by atoms with van der Waals surface area (Å²) in [6, 6.07) is 11.1. The van der Waals surface area contributed by atoms with Crippen molar-refractivity contribution in [1.82, 2.24) is 18.9 Å². The topological polar surface area (TPSA) is 94.5 Å². The lowest BCUT2D eigenvalue weighted by Crippen LogP contribution is -2.43. The van der Waals surface area contributed by atoms with E-state index in [4.69, 9.17) is 44.6 Å². The number of anilines is 1. The fraction of sp³-hybridized carbons (Fsp3) is 0.308. The highest BCUT2D eigenvalue weighted by Gasteiger charge is 2.38. The zero-order valence-electron chi connectivity index (χ0n) is 29.5. The summed E-state index contributed by atoms with van der Waals surface area (Å²) in [4.78, 5) is 29.0. The Bertz CT molecular complexity index is 2420. The molecule has 0 saturated heterocycles.